The van der Waals surface area contributed by atoms with Crippen molar-refractivity contribution in [2.24, 2.45) is 17.8 Å². The Labute approximate surface area is 228 Å². The van der Waals surface area contributed by atoms with E-state index < -0.39 is 23.9 Å². The summed E-state index contributed by atoms with van der Waals surface area (Å²) >= 11 is 0. The van der Waals surface area contributed by atoms with Crippen molar-refractivity contribution in [3.8, 4) is 5.75 Å². The van der Waals surface area contributed by atoms with Gasteiger partial charge in [-0.2, -0.15) is 0 Å². The number of pyridine rings is 1. The Morgan fingerprint density at radius 2 is 1.85 bits per heavy atom. The molecule has 2 heterocycles. The van der Waals surface area contributed by atoms with Gasteiger partial charge in [-0.05, 0) is 55.7 Å². The number of anilines is 1. The predicted octanol–water partition coefficient (Wildman–Crippen LogP) is 5.43. The minimum atomic E-state index is -4.92. The largest absolute Gasteiger partial charge is 0.573 e. The number of hydrogen-bond donors (Lipinski definition) is 2. The van der Waals surface area contributed by atoms with Crippen LogP contribution in [0.3, 0.4) is 0 Å². The number of para-hydroxylation sites is 1. The summed E-state index contributed by atoms with van der Waals surface area (Å²) in [5.74, 6) is -1.37. The van der Waals surface area contributed by atoms with Gasteiger partial charge in [0.2, 0.25) is 0 Å². The molecule has 12 heteroatoms. The zero-order valence-corrected chi connectivity index (χ0v) is 21.7. The normalized spacial score (nSPS) is 23.0. The number of alkyl halides is 3. The number of carbonyl (C=O) groups excluding carboxylic acids is 1. The van der Waals surface area contributed by atoms with Crippen LogP contribution in [-0.2, 0) is 9.47 Å². The maximum Gasteiger partial charge on any atom is 0.573 e. The minimum Gasteiger partial charge on any atom is -0.512 e. The fourth-order valence-electron chi connectivity index (χ4n) is 5.57. The van der Waals surface area contributed by atoms with Gasteiger partial charge >= 0.3 is 12.3 Å². The van der Waals surface area contributed by atoms with Crippen LogP contribution in [0.4, 0.5) is 23.4 Å². The first-order valence-electron chi connectivity index (χ1n) is 13.0. The Balaban J connectivity index is 1.23. The minimum absolute atomic E-state index is 0.0341. The summed E-state index contributed by atoms with van der Waals surface area (Å²) in [5, 5.41) is 19.5. The van der Waals surface area contributed by atoms with E-state index in [1.54, 1.807) is 0 Å². The molecule has 5 rings (SSSR count). The quantitative estimate of drug-likeness (QED) is 0.182. The van der Waals surface area contributed by atoms with E-state index >= 15 is 0 Å². The lowest BCUT2D eigenvalue weighted by atomic mass is 9.99. The van der Waals surface area contributed by atoms with E-state index in [4.69, 9.17) is 10.1 Å². The Hall–Kier alpha value is -3.67. The van der Waals surface area contributed by atoms with Crippen molar-refractivity contribution in [2.75, 3.05) is 31.7 Å². The van der Waals surface area contributed by atoms with Crippen molar-refractivity contribution in [2.45, 2.75) is 38.1 Å². The third-order valence-corrected chi connectivity index (χ3v) is 7.67. The highest BCUT2D eigenvalue weighted by atomic mass is 19.4. The second-order valence-electron chi connectivity index (χ2n) is 10.4. The summed E-state index contributed by atoms with van der Waals surface area (Å²) in [6, 6.07) is 6.48. The summed E-state index contributed by atoms with van der Waals surface area (Å²) in [5.41, 5.74) is -0.174. The van der Waals surface area contributed by atoms with Crippen LogP contribution in [-0.4, -0.2) is 61.0 Å². The molecular formula is C28H29F4N3O5. The monoisotopic (exact) mass is 563 g/mol. The van der Waals surface area contributed by atoms with Crippen molar-refractivity contribution in [1.29, 1.82) is 5.41 Å². The maximum absolute atomic E-state index is 14.7. The lowest BCUT2D eigenvalue weighted by Gasteiger charge is -2.22. The molecule has 0 radical (unpaired) electrons. The SMILES string of the molecule is COC(=O)c1cnc(N2C[C@H]3C[C@H](OC/C(C(=N)c4ccccc4OC(F)(F)F)=C(/O)C4CC4)C[C@H]3C2)c(F)c1. The topological polar surface area (TPSA) is 105 Å². The standard InChI is InChI=1S/C28H29F4N3O5/c1-38-27(37)16-10-22(29)26(34-11-16)35-12-17-8-19(9-18(17)13-35)39-14-21(25(36)15-6-7-15)24(33)20-4-2-3-5-23(20)40-28(30,31)32/h2-5,10-11,15,17-19,33,36H,6-9,12-14H2,1H3/b25-21-,33-24?/t17-,18+,19+. The van der Waals surface area contributed by atoms with Gasteiger partial charge in [0.1, 0.15) is 11.5 Å². The summed E-state index contributed by atoms with van der Waals surface area (Å²) in [7, 11) is 1.21. The molecule has 1 saturated heterocycles. The number of halogens is 4. The Bertz CT molecular complexity index is 1310. The van der Waals surface area contributed by atoms with E-state index in [0.29, 0.717) is 25.9 Å². The number of ether oxygens (including phenoxy) is 3. The fraction of sp³-hybridized carbons (Fsp3) is 0.464. The summed E-state index contributed by atoms with van der Waals surface area (Å²) in [6.07, 6.45) is -1.02. The summed E-state index contributed by atoms with van der Waals surface area (Å²) in [6.45, 7) is 0.987. The molecule has 40 heavy (non-hydrogen) atoms. The lowest BCUT2D eigenvalue weighted by Crippen LogP contribution is -2.26. The van der Waals surface area contributed by atoms with Crippen molar-refractivity contribution in [3.63, 3.8) is 0 Å². The van der Waals surface area contributed by atoms with Crippen LogP contribution in [0.5, 0.6) is 5.75 Å². The number of esters is 1. The summed E-state index contributed by atoms with van der Waals surface area (Å²) in [4.78, 5) is 17.6. The highest BCUT2D eigenvalue weighted by molar-refractivity contribution is 6.12. The van der Waals surface area contributed by atoms with Gasteiger partial charge in [0.15, 0.2) is 11.6 Å². The van der Waals surface area contributed by atoms with E-state index in [-0.39, 0.29) is 64.5 Å². The first-order chi connectivity index (χ1) is 19.0. The molecule has 0 spiro atoms. The van der Waals surface area contributed by atoms with E-state index in [1.165, 1.54) is 31.5 Å². The van der Waals surface area contributed by atoms with Crippen LogP contribution in [0.15, 0.2) is 47.9 Å². The lowest BCUT2D eigenvalue weighted by molar-refractivity contribution is -0.274. The van der Waals surface area contributed by atoms with Gasteiger partial charge < -0.3 is 24.2 Å². The Kier molecular flexibility index (Phi) is 7.72. The van der Waals surface area contributed by atoms with Gasteiger partial charge in [-0.3, -0.25) is 5.41 Å². The molecular weight excluding hydrogens is 534 g/mol. The molecule has 0 unspecified atom stereocenters. The van der Waals surface area contributed by atoms with Crippen LogP contribution >= 0.6 is 0 Å². The number of hydrogen-bond acceptors (Lipinski definition) is 8. The van der Waals surface area contributed by atoms with Crippen LogP contribution in [0.1, 0.15) is 41.6 Å². The third kappa shape index (κ3) is 6.06. The van der Waals surface area contributed by atoms with Crippen molar-refractivity contribution in [3.05, 3.63) is 64.8 Å². The maximum atomic E-state index is 14.7. The smallest absolute Gasteiger partial charge is 0.512 e. The molecule has 2 aliphatic carbocycles. The van der Waals surface area contributed by atoms with Crippen LogP contribution in [0, 0.1) is 29.0 Å². The van der Waals surface area contributed by atoms with E-state index in [2.05, 4.69) is 14.5 Å². The highest BCUT2D eigenvalue weighted by Crippen LogP contribution is 2.42. The van der Waals surface area contributed by atoms with Crippen molar-refractivity contribution < 1.29 is 41.7 Å². The second kappa shape index (κ2) is 11.1. The molecule has 2 aromatic rings. The van der Waals surface area contributed by atoms with E-state index in [1.807, 2.05) is 4.90 Å². The zero-order valence-electron chi connectivity index (χ0n) is 21.7. The molecule has 214 valence electrons. The first kappa shape index (κ1) is 27.9. The molecule has 1 aliphatic heterocycles. The number of aliphatic hydroxyl groups excluding tert-OH is 1. The average molecular weight is 564 g/mol. The zero-order chi connectivity index (χ0) is 28.6. The second-order valence-corrected chi connectivity index (χ2v) is 10.4. The highest BCUT2D eigenvalue weighted by Gasteiger charge is 2.43. The van der Waals surface area contributed by atoms with Gasteiger partial charge in [-0.15, -0.1) is 13.2 Å². The van der Waals surface area contributed by atoms with Crippen molar-refractivity contribution >= 4 is 17.5 Å². The van der Waals surface area contributed by atoms with Crippen LogP contribution in [0.25, 0.3) is 0 Å². The number of allylic oxidation sites excluding steroid dienone is 1. The number of carbonyl (C=O) groups is 1. The molecule has 0 bridgehead atoms. The molecule has 1 aromatic carbocycles. The number of methoxy groups -OCH3 is 1. The third-order valence-electron chi connectivity index (χ3n) is 7.67. The van der Waals surface area contributed by atoms with Crippen LogP contribution < -0.4 is 9.64 Å². The van der Waals surface area contributed by atoms with Gasteiger partial charge in [0, 0.05) is 36.3 Å². The Morgan fingerprint density at radius 3 is 2.45 bits per heavy atom. The molecule has 8 nitrogen and oxygen atoms in total. The molecule has 3 fully saturated rings. The fourth-order valence-corrected chi connectivity index (χ4v) is 5.57. The van der Waals surface area contributed by atoms with E-state index in [0.717, 1.165) is 25.0 Å². The van der Waals surface area contributed by atoms with Gasteiger partial charge in [0.25, 0.3) is 0 Å². The first-order valence-corrected chi connectivity index (χ1v) is 13.0. The molecule has 1 aromatic heterocycles. The Morgan fingerprint density at radius 1 is 1.18 bits per heavy atom. The molecule has 3 aliphatic rings. The average Bonchev–Trinajstić information content (AvgIpc) is 3.59. The molecule has 2 saturated carbocycles. The number of aliphatic hydroxyl groups is 1. The molecule has 0 amide bonds. The molecule has 3 atom stereocenters. The van der Waals surface area contributed by atoms with E-state index in [9.17, 15) is 27.5 Å². The van der Waals surface area contributed by atoms with Crippen LogP contribution in [0.2, 0.25) is 0 Å². The van der Waals surface area contributed by atoms with Gasteiger partial charge in [-0.25, -0.2) is 14.2 Å². The number of nitrogens with zero attached hydrogens (tertiary/aromatic N) is 2. The summed E-state index contributed by atoms with van der Waals surface area (Å²) < 4.78 is 68.4. The number of benzene rings is 1. The predicted molar refractivity (Wildman–Crippen MR) is 136 cm³/mol. The van der Waals surface area contributed by atoms with Gasteiger partial charge in [0.05, 0.1) is 31.1 Å². The van der Waals surface area contributed by atoms with Crippen molar-refractivity contribution in [1.82, 2.24) is 4.98 Å². The number of aromatic nitrogens is 1. The number of fused-ring (bicyclic) bond motifs is 1. The molecule has 2 N–H and O–H groups in total. The number of rotatable bonds is 9. The van der Waals surface area contributed by atoms with Gasteiger partial charge in [-0.1, -0.05) is 12.1 Å². The number of nitrogens with one attached hydrogen (secondary N) is 1.